The van der Waals surface area contributed by atoms with Crippen molar-refractivity contribution in [1.29, 1.82) is 5.26 Å². The monoisotopic (exact) mass is 509 g/mol. The third-order valence-electron chi connectivity index (χ3n) is 5.71. The van der Waals surface area contributed by atoms with Gasteiger partial charge in [0.1, 0.15) is 17.3 Å². The first-order valence-electron chi connectivity index (χ1n) is 11.1. The molecule has 0 spiro atoms. The van der Waals surface area contributed by atoms with Gasteiger partial charge >= 0.3 is 11.8 Å². The molecule has 0 radical (unpaired) electrons. The number of aromatic nitrogens is 4. The molecule has 3 N–H and O–H groups in total. The Hall–Kier alpha value is -4.41. The summed E-state index contributed by atoms with van der Waals surface area (Å²) >= 11 is 0. The van der Waals surface area contributed by atoms with E-state index in [0.717, 1.165) is 0 Å². The minimum Gasteiger partial charge on any atom is -0.450 e. The van der Waals surface area contributed by atoms with Crippen LogP contribution in [0.25, 0.3) is 22.6 Å². The zero-order chi connectivity index (χ0) is 26.8. The lowest BCUT2D eigenvalue weighted by Gasteiger charge is -2.40. The smallest absolute Gasteiger partial charge is 0.317 e. The summed E-state index contributed by atoms with van der Waals surface area (Å²) in [6.45, 7) is 0.464. The lowest BCUT2D eigenvalue weighted by molar-refractivity contribution is -0.293. The van der Waals surface area contributed by atoms with E-state index in [4.69, 9.17) is 25.2 Å². The van der Waals surface area contributed by atoms with Gasteiger partial charge in [-0.2, -0.15) is 5.26 Å². The Morgan fingerprint density at radius 2 is 1.89 bits per heavy atom. The summed E-state index contributed by atoms with van der Waals surface area (Å²) < 4.78 is 30.1. The number of imidazole rings is 1. The molecule has 0 saturated carbocycles. The summed E-state index contributed by atoms with van der Waals surface area (Å²) in [5.74, 6) is -4.02. The number of H-pyrrole nitrogens is 1. The number of halogens is 1. The predicted octanol–water partition coefficient (Wildman–Crippen LogP) is 1.50. The maximum atomic E-state index is 13.6. The van der Waals surface area contributed by atoms with Crippen LogP contribution < -0.4 is 10.6 Å². The van der Waals surface area contributed by atoms with Crippen LogP contribution in [0.3, 0.4) is 0 Å². The van der Waals surface area contributed by atoms with Gasteiger partial charge in [-0.05, 0) is 37.3 Å². The number of benzene rings is 1. The van der Waals surface area contributed by atoms with E-state index in [9.17, 15) is 14.0 Å². The van der Waals surface area contributed by atoms with Crippen molar-refractivity contribution in [2.75, 3.05) is 38.8 Å². The molecule has 3 heterocycles. The summed E-state index contributed by atoms with van der Waals surface area (Å²) in [5.41, 5.74) is 6.07. The predicted molar refractivity (Wildman–Crippen MR) is 127 cm³/mol. The van der Waals surface area contributed by atoms with Crippen molar-refractivity contribution in [2.24, 2.45) is 11.1 Å². The van der Waals surface area contributed by atoms with Gasteiger partial charge in [-0.15, -0.1) is 0 Å². The highest BCUT2D eigenvalue weighted by atomic mass is 19.1. The lowest BCUT2D eigenvalue weighted by atomic mass is 9.91. The van der Waals surface area contributed by atoms with Gasteiger partial charge in [-0.3, -0.25) is 9.59 Å². The van der Waals surface area contributed by atoms with Crippen LogP contribution in [0.5, 0.6) is 0 Å². The SMILES string of the molecule is CN(C)c1nccc(-c2[nH]c(C3(C(N)=O)OCC(C)(C(=O)OCC#N)CO3)nc2-c2ccc(F)cc2)n1. The molecule has 3 aromatic rings. The van der Waals surface area contributed by atoms with Gasteiger partial charge < -0.3 is 29.8 Å². The van der Waals surface area contributed by atoms with E-state index >= 15 is 0 Å². The van der Waals surface area contributed by atoms with Crippen LogP contribution in [0.2, 0.25) is 0 Å². The van der Waals surface area contributed by atoms with Gasteiger partial charge in [-0.1, -0.05) is 0 Å². The van der Waals surface area contributed by atoms with Crippen LogP contribution in [-0.4, -0.2) is 65.7 Å². The Labute approximate surface area is 211 Å². The van der Waals surface area contributed by atoms with Crippen molar-refractivity contribution in [3.8, 4) is 28.7 Å². The summed E-state index contributed by atoms with van der Waals surface area (Å²) in [7, 11) is 3.56. The molecule has 4 rings (SSSR count). The van der Waals surface area contributed by atoms with E-state index in [1.54, 1.807) is 37.3 Å². The number of hydrogen-bond donors (Lipinski definition) is 2. The fourth-order valence-corrected chi connectivity index (χ4v) is 3.62. The van der Waals surface area contributed by atoms with Gasteiger partial charge in [-0.25, -0.2) is 19.3 Å². The Balaban J connectivity index is 1.79. The molecule has 13 heteroatoms. The van der Waals surface area contributed by atoms with Gasteiger partial charge in [0.05, 0.1) is 30.3 Å². The van der Waals surface area contributed by atoms with Crippen molar-refractivity contribution >= 4 is 17.8 Å². The molecule has 0 aliphatic carbocycles. The van der Waals surface area contributed by atoms with E-state index in [0.29, 0.717) is 28.6 Å². The van der Waals surface area contributed by atoms with E-state index in [1.807, 2.05) is 0 Å². The fourth-order valence-electron chi connectivity index (χ4n) is 3.62. The molecule has 1 saturated heterocycles. The molecule has 1 amide bonds. The third-order valence-corrected chi connectivity index (χ3v) is 5.71. The van der Waals surface area contributed by atoms with E-state index < -0.39 is 35.5 Å². The number of anilines is 1. The normalized spacial score (nSPS) is 21.2. The van der Waals surface area contributed by atoms with Crippen molar-refractivity contribution < 1.29 is 28.2 Å². The number of primary amides is 1. The zero-order valence-corrected chi connectivity index (χ0v) is 20.3. The summed E-state index contributed by atoms with van der Waals surface area (Å²) in [4.78, 5) is 43.2. The number of carbonyl (C=O) groups is 2. The van der Waals surface area contributed by atoms with Crippen LogP contribution >= 0.6 is 0 Å². The first-order valence-corrected chi connectivity index (χ1v) is 11.1. The van der Waals surface area contributed by atoms with Crippen LogP contribution in [-0.2, 0) is 29.6 Å². The molecule has 2 aromatic heterocycles. The first-order chi connectivity index (χ1) is 17.6. The molecule has 1 aliphatic heterocycles. The van der Waals surface area contributed by atoms with Crippen LogP contribution in [0.1, 0.15) is 12.7 Å². The van der Waals surface area contributed by atoms with E-state index in [1.165, 1.54) is 31.2 Å². The number of aromatic amines is 1. The molecule has 0 unspecified atom stereocenters. The molecule has 12 nitrogen and oxygen atoms in total. The average molecular weight is 509 g/mol. The average Bonchev–Trinajstić information content (AvgIpc) is 3.34. The Morgan fingerprint density at radius 1 is 1.22 bits per heavy atom. The highest BCUT2D eigenvalue weighted by molar-refractivity contribution is 5.85. The number of ether oxygens (including phenoxy) is 3. The van der Waals surface area contributed by atoms with Crippen molar-refractivity contribution in [1.82, 2.24) is 19.9 Å². The second-order valence-corrected chi connectivity index (χ2v) is 8.81. The van der Waals surface area contributed by atoms with Crippen molar-refractivity contribution in [3.05, 3.63) is 48.2 Å². The molecule has 1 fully saturated rings. The number of carbonyl (C=O) groups excluding carboxylic acids is 2. The molecular formula is C24H24FN7O5. The highest BCUT2D eigenvalue weighted by Gasteiger charge is 2.54. The standard InChI is InChI=1S/C24H24FN7O5/c1-23(21(34)35-11-9-26)12-36-24(19(27)33,37-13-23)20-30-17(14-4-6-15(25)7-5-14)18(31-20)16-8-10-28-22(29-16)32(2)3/h4-8,10H,11-13H2,1-3H3,(H2,27,33)(H,30,31). The quantitative estimate of drug-likeness (QED) is 0.445. The Bertz CT molecular complexity index is 1360. The number of hydrogen-bond acceptors (Lipinski definition) is 10. The number of nitriles is 1. The van der Waals surface area contributed by atoms with Crippen molar-refractivity contribution in [2.45, 2.75) is 12.7 Å². The minimum absolute atomic E-state index is 0.0909. The van der Waals surface area contributed by atoms with Gasteiger partial charge in [0, 0.05) is 25.9 Å². The molecule has 1 aliphatic rings. The highest BCUT2D eigenvalue weighted by Crippen LogP contribution is 2.39. The number of nitrogens with one attached hydrogen (secondary N) is 1. The number of nitrogens with zero attached hydrogens (tertiary/aromatic N) is 5. The Morgan fingerprint density at radius 3 is 2.49 bits per heavy atom. The first kappa shape index (κ1) is 25.7. The van der Waals surface area contributed by atoms with Crippen LogP contribution in [0, 0.1) is 22.6 Å². The van der Waals surface area contributed by atoms with Gasteiger partial charge in [0.2, 0.25) is 5.95 Å². The second kappa shape index (κ2) is 9.92. The van der Waals surface area contributed by atoms with E-state index in [-0.39, 0.29) is 19.0 Å². The molecule has 37 heavy (non-hydrogen) atoms. The fraction of sp³-hybridized carbons (Fsp3) is 0.333. The maximum absolute atomic E-state index is 13.6. The molecule has 0 bridgehead atoms. The summed E-state index contributed by atoms with van der Waals surface area (Å²) in [6.07, 6.45) is 1.56. The number of amides is 1. The largest absolute Gasteiger partial charge is 0.450 e. The lowest BCUT2D eigenvalue weighted by Crippen LogP contribution is -2.56. The van der Waals surface area contributed by atoms with Crippen LogP contribution in [0.15, 0.2) is 36.5 Å². The topological polar surface area (TPSA) is 169 Å². The Kier molecular flexibility index (Phi) is 6.88. The van der Waals surface area contributed by atoms with E-state index in [2.05, 4.69) is 19.9 Å². The zero-order valence-electron chi connectivity index (χ0n) is 20.3. The van der Waals surface area contributed by atoms with Crippen LogP contribution in [0.4, 0.5) is 10.3 Å². The van der Waals surface area contributed by atoms with Crippen molar-refractivity contribution in [3.63, 3.8) is 0 Å². The molecule has 0 atom stereocenters. The second-order valence-electron chi connectivity index (χ2n) is 8.81. The third kappa shape index (κ3) is 4.84. The number of rotatable bonds is 7. The van der Waals surface area contributed by atoms with Gasteiger partial charge in [0.25, 0.3) is 5.91 Å². The molecular weight excluding hydrogens is 485 g/mol. The minimum atomic E-state index is -2.17. The number of esters is 1. The maximum Gasteiger partial charge on any atom is 0.317 e. The summed E-state index contributed by atoms with van der Waals surface area (Å²) in [5, 5.41) is 8.69. The molecule has 1 aromatic carbocycles. The molecule has 192 valence electrons. The summed E-state index contributed by atoms with van der Waals surface area (Å²) in [6, 6.07) is 8.95. The van der Waals surface area contributed by atoms with Gasteiger partial charge in [0.15, 0.2) is 12.4 Å². The number of nitrogens with two attached hydrogens (primary N) is 1.